The van der Waals surface area contributed by atoms with Gasteiger partial charge in [0.05, 0.1) is 11.8 Å². The standard InChI is InChI=1S/C16H21N3O3/c1-10(2)21-16(20)14-6-5-8-17-15(14)18-9-7-13-11(3)19-22-12(13)4/h5-6,8,10H,7,9H2,1-4H3,(H,17,18). The molecule has 2 heterocycles. The molecule has 118 valence electrons. The van der Waals surface area contributed by atoms with Gasteiger partial charge < -0.3 is 14.6 Å². The Labute approximate surface area is 129 Å². The molecule has 0 unspecified atom stereocenters. The number of carbonyl (C=O) groups is 1. The molecule has 0 spiro atoms. The van der Waals surface area contributed by atoms with Crippen LogP contribution in [0.5, 0.6) is 0 Å². The minimum atomic E-state index is -0.372. The quantitative estimate of drug-likeness (QED) is 0.827. The molecule has 0 fully saturated rings. The second-order valence-corrected chi connectivity index (χ2v) is 5.33. The molecule has 2 aromatic rings. The average Bonchev–Trinajstić information content (AvgIpc) is 2.78. The number of aromatic nitrogens is 2. The highest BCUT2D eigenvalue weighted by Gasteiger charge is 2.15. The van der Waals surface area contributed by atoms with Crippen LogP contribution in [-0.4, -0.2) is 28.8 Å². The number of esters is 1. The predicted molar refractivity (Wildman–Crippen MR) is 83.0 cm³/mol. The van der Waals surface area contributed by atoms with Crippen LogP contribution < -0.4 is 5.32 Å². The molecule has 0 aliphatic carbocycles. The van der Waals surface area contributed by atoms with Crippen molar-refractivity contribution in [3.8, 4) is 0 Å². The van der Waals surface area contributed by atoms with Gasteiger partial charge in [0.25, 0.3) is 0 Å². The fourth-order valence-corrected chi connectivity index (χ4v) is 2.15. The number of nitrogens with one attached hydrogen (secondary N) is 1. The zero-order valence-electron chi connectivity index (χ0n) is 13.3. The summed E-state index contributed by atoms with van der Waals surface area (Å²) in [6.45, 7) is 8.07. The molecule has 0 saturated heterocycles. The number of aryl methyl sites for hydroxylation is 2. The molecule has 0 bridgehead atoms. The monoisotopic (exact) mass is 303 g/mol. The lowest BCUT2D eigenvalue weighted by Crippen LogP contribution is -2.16. The molecule has 0 aliphatic rings. The molecule has 0 saturated carbocycles. The lowest BCUT2D eigenvalue weighted by atomic mass is 10.1. The van der Waals surface area contributed by atoms with Gasteiger partial charge in [0.15, 0.2) is 0 Å². The minimum absolute atomic E-state index is 0.164. The van der Waals surface area contributed by atoms with E-state index in [0.717, 1.165) is 23.4 Å². The van der Waals surface area contributed by atoms with Crippen molar-refractivity contribution in [1.82, 2.24) is 10.1 Å². The second-order valence-electron chi connectivity index (χ2n) is 5.33. The third-order valence-corrected chi connectivity index (χ3v) is 3.22. The van der Waals surface area contributed by atoms with E-state index in [1.807, 2.05) is 27.7 Å². The first-order chi connectivity index (χ1) is 10.5. The maximum atomic E-state index is 12.0. The maximum Gasteiger partial charge on any atom is 0.342 e. The largest absolute Gasteiger partial charge is 0.459 e. The van der Waals surface area contributed by atoms with Gasteiger partial charge in [0.2, 0.25) is 0 Å². The summed E-state index contributed by atoms with van der Waals surface area (Å²) in [4.78, 5) is 16.3. The Hall–Kier alpha value is -2.37. The third-order valence-electron chi connectivity index (χ3n) is 3.22. The molecule has 0 radical (unpaired) electrons. The van der Waals surface area contributed by atoms with Crippen LogP contribution in [0.1, 0.15) is 41.2 Å². The van der Waals surface area contributed by atoms with Crippen LogP contribution in [0.15, 0.2) is 22.9 Å². The van der Waals surface area contributed by atoms with Crippen molar-refractivity contribution in [2.45, 2.75) is 40.2 Å². The summed E-state index contributed by atoms with van der Waals surface area (Å²) in [5.41, 5.74) is 2.41. The van der Waals surface area contributed by atoms with Gasteiger partial charge in [-0.3, -0.25) is 0 Å². The summed E-state index contributed by atoms with van der Waals surface area (Å²) in [5.74, 6) is 0.975. The highest BCUT2D eigenvalue weighted by molar-refractivity contribution is 5.94. The van der Waals surface area contributed by atoms with Gasteiger partial charge in [-0.05, 0) is 46.2 Å². The molecule has 1 N–H and O–H groups in total. The van der Waals surface area contributed by atoms with Crippen LogP contribution >= 0.6 is 0 Å². The second kappa shape index (κ2) is 7.06. The van der Waals surface area contributed by atoms with E-state index in [1.165, 1.54) is 0 Å². The van der Waals surface area contributed by atoms with Crippen molar-refractivity contribution in [1.29, 1.82) is 0 Å². The van der Waals surface area contributed by atoms with Crippen LogP contribution in [0, 0.1) is 13.8 Å². The topological polar surface area (TPSA) is 77.3 Å². The van der Waals surface area contributed by atoms with E-state index in [4.69, 9.17) is 9.26 Å². The Morgan fingerprint density at radius 1 is 1.41 bits per heavy atom. The lowest BCUT2D eigenvalue weighted by molar-refractivity contribution is 0.0378. The highest BCUT2D eigenvalue weighted by atomic mass is 16.5. The summed E-state index contributed by atoms with van der Waals surface area (Å²) >= 11 is 0. The normalized spacial score (nSPS) is 10.8. The number of ether oxygens (including phenoxy) is 1. The van der Waals surface area contributed by atoms with E-state index in [2.05, 4.69) is 15.5 Å². The van der Waals surface area contributed by atoms with Gasteiger partial charge >= 0.3 is 5.97 Å². The molecule has 6 nitrogen and oxygen atoms in total. The Morgan fingerprint density at radius 2 is 2.18 bits per heavy atom. The zero-order chi connectivity index (χ0) is 16.1. The van der Waals surface area contributed by atoms with Crippen LogP contribution in [0.2, 0.25) is 0 Å². The lowest BCUT2D eigenvalue weighted by Gasteiger charge is -2.12. The zero-order valence-corrected chi connectivity index (χ0v) is 13.3. The van der Waals surface area contributed by atoms with E-state index in [-0.39, 0.29) is 12.1 Å². The Kier molecular flexibility index (Phi) is 5.14. The molecule has 22 heavy (non-hydrogen) atoms. The highest BCUT2D eigenvalue weighted by Crippen LogP contribution is 2.16. The van der Waals surface area contributed by atoms with Gasteiger partial charge in [-0.15, -0.1) is 0 Å². The van der Waals surface area contributed by atoms with Gasteiger partial charge in [-0.1, -0.05) is 5.16 Å². The fraction of sp³-hybridized carbons (Fsp3) is 0.438. The summed E-state index contributed by atoms with van der Waals surface area (Å²) in [6.07, 6.45) is 2.23. The summed E-state index contributed by atoms with van der Waals surface area (Å²) < 4.78 is 10.4. The summed E-state index contributed by atoms with van der Waals surface area (Å²) in [5, 5.41) is 7.11. The summed E-state index contributed by atoms with van der Waals surface area (Å²) in [7, 11) is 0. The number of carbonyl (C=O) groups excluding carboxylic acids is 1. The average molecular weight is 303 g/mol. The molecular formula is C16H21N3O3. The molecule has 0 atom stereocenters. The molecule has 6 heteroatoms. The van der Waals surface area contributed by atoms with Crippen LogP contribution in [0.3, 0.4) is 0 Å². The van der Waals surface area contributed by atoms with E-state index < -0.39 is 0 Å². The van der Waals surface area contributed by atoms with Crippen molar-refractivity contribution in [3.05, 3.63) is 40.9 Å². The van der Waals surface area contributed by atoms with Gasteiger partial charge in [-0.25, -0.2) is 9.78 Å². The molecule has 0 amide bonds. The first-order valence-electron chi connectivity index (χ1n) is 7.30. The van der Waals surface area contributed by atoms with Crippen molar-refractivity contribution < 1.29 is 14.1 Å². The Balaban J connectivity index is 2.03. The molecular weight excluding hydrogens is 282 g/mol. The van der Waals surface area contributed by atoms with E-state index in [9.17, 15) is 4.79 Å². The van der Waals surface area contributed by atoms with Gasteiger partial charge in [-0.2, -0.15) is 0 Å². The van der Waals surface area contributed by atoms with Gasteiger partial charge in [0.1, 0.15) is 17.1 Å². The van der Waals surface area contributed by atoms with Crippen LogP contribution in [0.4, 0.5) is 5.82 Å². The first kappa shape index (κ1) is 16.0. The minimum Gasteiger partial charge on any atom is -0.459 e. The number of rotatable bonds is 6. The van der Waals surface area contributed by atoms with Crippen molar-refractivity contribution in [2.24, 2.45) is 0 Å². The number of pyridine rings is 1. The molecule has 0 aliphatic heterocycles. The third kappa shape index (κ3) is 3.84. The number of anilines is 1. The van der Waals surface area contributed by atoms with Gasteiger partial charge in [0, 0.05) is 18.3 Å². The Bertz CT molecular complexity index is 630. The summed E-state index contributed by atoms with van der Waals surface area (Å²) in [6, 6.07) is 3.42. The van der Waals surface area contributed by atoms with E-state index in [1.54, 1.807) is 18.3 Å². The molecule has 2 rings (SSSR count). The first-order valence-corrected chi connectivity index (χ1v) is 7.30. The van der Waals surface area contributed by atoms with E-state index in [0.29, 0.717) is 17.9 Å². The molecule has 2 aromatic heterocycles. The SMILES string of the molecule is Cc1noc(C)c1CCNc1ncccc1C(=O)OC(C)C. The maximum absolute atomic E-state index is 12.0. The smallest absolute Gasteiger partial charge is 0.342 e. The van der Waals surface area contributed by atoms with Crippen molar-refractivity contribution in [3.63, 3.8) is 0 Å². The van der Waals surface area contributed by atoms with Crippen LogP contribution in [0.25, 0.3) is 0 Å². The Morgan fingerprint density at radius 3 is 2.82 bits per heavy atom. The fourth-order valence-electron chi connectivity index (χ4n) is 2.15. The number of nitrogens with zero attached hydrogens (tertiary/aromatic N) is 2. The van der Waals surface area contributed by atoms with Crippen molar-refractivity contribution >= 4 is 11.8 Å². The van der Waals surface area contributed by atoms with Crippen molar-refractivity contribution in [2.75, 3.05) is 11.9 Å². The molecule has 0 aromatic carbocycles. The van der Waals surface area contributed by atoms with Crippen LogP contribution in [-0.2, 0) is 11.2 Å². The van der Waals surface area contributed by atoms with E-state index >= 15 is 0 Å². The number of hydrogen-bond acceptors (Lipinski definition) is 6. The number of hydrogen-bond donors (Lipinski definition) is 1. The predicted octanol–water partition coefficient (Wildman–Crippen LogP) is 2.91.